The Morgan fingerprint density at radius 1 is 1.40 bits per heavy atom. The molecule has 0 atom stereocenters. The third kappa shape index (κ3) is 2.56. The zero-order chi connectivity index (χ0) is 14.0. The van der Waals surface area contributed by atoms with E-state index in [-0.39, 0.29) is 12.0 Å². The number of aliphatic hydroxyl groups excluding tert-OH is 1. The second-order valence-corrected chi connectivity index (χ2v) is 5.96. The summed E-state index contributed by atoms with van der Waals surface area (Å²) in [5.74, 6) is 0.372. The molecule has 1 aliphatic heterocycles. The van der Waals surface area contributed by atoms with Crippen LogP contribution in [0, 0.1) is 16.7 Å². The van der Waals surface area contributed by atoms with Crippen LogP contribution in [0.4, 0.5) is 0 Å². The molecule has 1 saturated heterocycles. The molecule has 0 amide bonds. The summed E-state index contributed by atoms with van der Waals surface area (Å²) in [6.45, 7) is 2.43. The van der Waals surface area contributed by atoms with Crippen molar-refractivity contribution in [1.82, 2.24) is 15.0 Å². The summed E-state index contributed by atoms with van der Waals surface area (Å²) >= 11 is 0. The molecule has 0 aromatic carbocycles. The fourth-order valence-corrected chi connectivity index (χ4v) is 2.95. The first-order chi connectivity index (χ1) is 9.78. The fourth-order valence-electron chi connectivity index (χ4n) is 2.95. The summed E-state index contributed by atoms with van der Waals surface area (Å²) in [4.78, 5) is 0. The van der Waals surface area contributed by atoms with Crippen LogP contribution < -0.4 is 0 Å². The largest absolute Gasteiger partial charge is 0.396 e. The number of rotatable bonds is 5. The topological polar surface area (TPSA) is 84.0 Å². The number of ether oxygens (including phenoxy) is 1. The number of nitrogens with zero attached hydrogens (tertiary/aromatic N) is 4. The van der Waals surface area contributed by atoms with E-state index in [0.29, 0.717) is 18.9 Å². The van der Waals surface area contributed by atoms with Gasteiger partial charge in [-0.1, -0.05) is 5.21 Å². The summed E-state index contributed by atoms with van der Waals surface area (Å²) in [7, 11) is 0. The maximum atomic E-state index is 9.50. The number of aliphatic hydroxyl groups is 1. The molecule has 6 heteroatoms. The monoisotopic (exact) mass is 276 g/mol. The van der Waals surface area contributed by atoms with Gasteiger partial charge < -0.3 is 9.84 Å². The molecule has 2 aliphatic rings. The molecule has 0 spiro atoms. The molecule has 1 aliphatic carbocycles. The first-order valence-electron chi connectivity index (χ1n) is 7.26. The van der Waals surface area contributed by atoms with E-state index in [1.807, 2.05) is 4.68 Å². The van der Waals surface area contributed by atoms with Gasteiger partial charge in [0.1, 0.15) is 5.69 Å². The number of hydrogen-bond donors (Lipinski definition) is 1. The summed E-state index contributed by atoms with van der Waals surface area (Å²) in [6.07, 6.45) is 4.31. The molecule has 1 aromatic rings. The molecule has 2 fully saturated rings. The molecule has 1 aromatic heterocycles. The molecular weight excluding hydrogens is 256 g/mol. The zero-order valence-electron chi connectivity index (χ0n) is 11.6. The normalized spacial score (nSPS) is 21.6. The van der Waals surface area contributed by atoms with E-state index < -0.39 is 0 Å². The highest BCUT2D eigenvalue weighted by molar-refractivity contribution is 5.20. The number of nitriles is 1. The van der Waals surface area contributed by atoms with Crippen LogP contribution in [0.2, 0.25) is 0 Å². The Morgan fingerprint density at radius 2 is 2.15 bits per heavy atom. The Morgan fingerprint density at radius 3 is 2.75 bits per heavy atom. The van der Waals surface area contributed by atoms with E-state index in [9.17, 15) is 5.11 Å². The standard InChI is InChI=1S/C14H20N4O2/c15-6-1-12-13(11-2-7-20-8-3-11)18(17-16-12)9-14(10-19)4-5-14/h11,19H,1-5,7-10H2. The number of hydrogen-bond acceptors (Lipinski definition) is 5. The van der Waals surface area contributed by atoms with Crippen molar-refractivity contribution in [2.45, 2.75) is 44.6 Å². The number of aromatic nitrogens is 3. The van der Waals surface area contributed by atoms with E-state index in [2.05, 4.69) is 16.4 Å². The maximum absolute atomic E-state index is 9.50. The lowest BCUT2D eigenvalue weighted by atomic mass is 9.93. The van der Waals surface area contributed by atoms with Crippen LogP contribution >= 0.6 is 0 Å². The SMILES string of the molecule is N#CCc1nnn(CC2(CO)CC2)c1C1CCOCC1. The zero-order valence-corrected chi connectivity index (χ0v) is 11.6. The molecule has 1 saturated carbocycles. The quantitative estimate of drug-likeness (QED) is 0.867. The average Bonchev–Trinajstić information content (AvgIpc) is 3.15. The van der Waals surface area contributed by atoms with Gasteiger partial charge in [-0.25, -0.2) is 4.68 Å². The Kier molecular flexibility index (Phi) is 3.72. The lowest BCUT2D eigenvalue weighted by molar-refractivity contribution is 0.0826. The van der Waals surface area contributed by atoms with Gasteiger partial charge in [-0.2, -0.15) is 5.26 Å². The molecular formula is C14H20N4O2. The van der Waals surface area contributed by atoms with E-state index >= 15 is 0 Å². The smallest absolute Gasteiger partial charge is 0.100 e. The van der Waals surface area contributed by atoms with Crippen LogP contribution in [0.1, 0.15) is 43.0 Å². The van der Waals surface area contributed by atoms with Crippen molar-refractivity contribution in [2.75, 3.05) is 19.8 Å². The third-order valence-corrected chi connectivity index (χ3v) is 4.48. The minimum absolute atomic E-state index is 0.00245. The highest BCUT2D eigenvalue weighted by Crippen LogP contribution is 2.47. The highest BCUT2D eigenvalue weighted by Gasteiger charge is 2.43. The summed E-state index contributed by atoms with van der Waals surface area (Å²) in [6, 6.07) is 2.17. The second-order valence-electron chi connectivity index (χ2n) is 5.96. The van der Waals surface area contributed by atoms with Gasteiger partial charge in [0.25, 0.3) is 0 Å². The molecule has 0 radical (unpaired) electrons. The molecule has 0 unspecified atom stereocenters. The molecule has 1 N–H and O–H groups in total. The van der Waals surface area contributed by atoms with Crippen LogP contribution in [0.5, 0.6) is 0 Å². The molecule has 2 heterocycles. The van der Waals surface area contributed by atoms with Gasteiger partial charge >= 0.3 is 0 Å². The van der Waals surface area contributed by atoms with Gasteiger partial charge in [0, 0.05) is 24.5 Å². The van der Waals surface area contributed by atoms with Crippen molar-refractivity contribution in [1.29, 1.82) is 5.26 Å². The van der Waals surface area contributed by atoms with E-state index in [4.69, 9.17) is 10.00 Å². The Balaban J connectivity index is 1.87. The van der Waals surface area contributed by atoms with Crippen molar-refractivity contribution in [2.24, 2.45) is 5.41 Å². The first-order valence-corrected chi connectivity index (χ1v) is 7.26. The van der Waals surface area contributed by atoms with Crippen molar-refractivity contribution in [3.8, 4) is 6.07 Å². The summed E-state index contributed by atoms with van der Waals surface area (Å²) in [5, 5.41) is 26.9. The van der Waals surface area contributed by atoms with Gasteiger partial charge in [-0.15, -0.1) is 5.10 Å². The minimum atomic E-state index is -0.00245. The van der Waals surface area contributed by atoms with Crippen LogP contribution in [0.3, 0.4) is 0 Å². The van der Waals surface area contributed by atoms with Gasteiger partial charge in [0.05, 0.1) is 31.3 Å². The lowest BCUT2D eigenvalue weighted by Gasteiger charge is -2.24. The highest BCUT2D eigenvalue weighted by atomic mass is 16.5. The van der Waals surface area contributed by atoms with E-state index in [1.54, 1.807) is 0 Å². The van der Waals surface area contributed by atoms with Crippen LogP contribution in [0.15, 0.2) is 0 Å². The fraction of sp³-hybridized carbons (Fsp3) is 0.786. The third-order valence-electron chi connectivity index (χ3n) is 4.48. The molecule has 3 rings (SSSR count). The predicted octanol–water partition coefficient (Wildman–Crippen LogP) is 1.01. The average molecular weight is 276 g/mol. The van der Waals surface area contributed by atoms with Crippen molar-refractivity contribution in [3.05, 3.63) is 11.4 Å². The molecule has 108 valence electrons. The van der Waals surface area contributed by atoms with Gasteiger partial charge in [-0.05, 0) is 25.7 Å². The van der Waals surface area contributed by atoms with Crippen LogP contribution in [-0.4, -0.2) is 39.9 Å². The van der Waals surface area contributed by atoms with Crippen LogP contribution in [0.25, 0.3) is 0 Å². The predicted molar refractivity (Wildman–Crippen MR) is 70.9 cm³/mol. The summed E-state index contributed by atoms with van der Waals surface area (Å²) in [5.41, 5.74) is 1.89. The van der Waals surface area contributed by atoms with E-state index in [0.717, 1.165) is 50.3 Å². The minimum Gasteiger partial charge on any atom is -0.396 e. The maximum Gasteiger partial charge on any atom is 0.100 e. The lowest BCUT2D eigenvalue weighted by Crippen LogP contribution is -2.23. The van der Waals surface area contributed by atoms with Crippen LogP contribution in [-0.2, 0) is 17.7 Å². The molecule has 0 bridgehead atoms. The summed E-state index contributed by atoms with van der Waals surface area (Å²) < 4.78 is 7.35. The van der Waals surface area contributed by atoms with Gasteiger partial charge in [-0.3, -0.25) is 0 Å². The Bertz CT molecular complexity index is 510. The first kappa shape index (κ1) is 13.5. The molecule has 20 heavy (non-hydrogen) atoms. The second kappa shape index (κ2) is 5.51. The van der Waals surface area contributed by atoms with Crippen molar-refractivity contribution < 1.29 is 9.84 Å². The van der Waals surface area contributed by atoms with Crippen molar-refractivity contribution in [3.63, 3.8) is 0 Å². The van der Waals surface area contributed by atoms with Gasteiger partial charge in [0.15, 0.2) is 0 Å². The van der Waals surface area contributed by atoms with Crippen molar-refractivity contribution >= 4 is 0 Å². The molecule has 6 nitrogen and oxygen atoms in total. The van der Waals surface area contributed by atoms with Gasteiger partial charge in [0.2, 0.25) is 0 Å². The Labute approximate surface area is 118 Å². The Hall–Kier alpha value is -1.45. The van der Waals surface area contributed by atoms with E-state index in [1.165, 1.54) is 0 Å².